The second-order valence-electron chi connectivity index (χ2n) is 4.80. The average Bonchev–Trinajstić information content (AvgIpc) is 2.79. The van der Waals surface area contributed by atoms with Crippen molar-refractivity contribution in [1.29, 1.82) is 0 Å². The van der Waals surface area contributed by atoms with E-state index >= 15 is 0 Å². The van der Waals surface area contributed by atoms with Crippen LogP contribution in [0.4, 0.5) is 0 Å². The van der Waals surface area contributed by atoms with Gasteiger partial charge in [0.15, 0.2) is 10.8 Å². The Bertz CT molecular complexity index is 605. The molecule has 2 aromatic heterocycles. The molecule has 2 N–H and O–H groups in total. The summed E-state index contributed by atoms with van der Waals surface area (Å²) in [6, 6.07) is 0. The topological polar surface area (TPSA) is 93.3 Å². The Kier molecular flexibility index (Phi) is 3.84. The van der Waals surface area contributed by atoms with Gasteiger partial charge in [0.2, 0.25) is 0 Å². The van der Waals surface area contributed by atoms with Crippen LogP contribution in [0, 0.1) is 0 Å². The van der Waals surface area contributed by atoms with Crippen molar-refractivity contribution in [2.75, 3.05) is 6.61 Å². The number of imidazole rings is 1. The third-order valence-corrected chi connectivity index (χ3v) is 3.79. The molecule has 1 fully saturated rings. The normalized spacial score (nSPS) is 27.6. The first-order valence-corrected chi connectivity index (χ1v) is 6.86. The van der Waals surface area contributed by atoms with E-state index in [4.69, 9.17) is 16.3 Å². The highest BCUT2D eigenvalue weighted by Crippen LogP contribution is 2.29. The Morgan fingerprint density at radius 3 is 3.00 bits per heavy atom. The van der Waals surface area contributed by atoms with Crippen molar-refractivity contribution in [2.24, 2.45) is 0 Å². The number of hydrogen-bond acceptors (Lipinski definition) is 6. The van der Waals surface area contributed by atoms with Crippen LogP contribution in [0.1, 0.15) is 25.5 Å². The van der Waals surface area contributed by atoms with Crippen LogP contribution in [0.25, 0.3) is 11.2 Å². The Morgan fingerprint density at radius 1 is 1.35 bits per heavy atom. The third kappa shape index (κ3) is 2.37. The van der Waals surface area contributed by atoms with Crippen molar-refractivity contribution in [3.8, 4) is 0 Å². The lowest BCUT2D eigenvalue weighted by Gasteiger charge is -2.23. The molecule has 3 rings (SSSR count). The lowest BCUT2D eigenvalue weighted by atomic mass is 10.1. The number of rotatable bonds is 2. The fourth-order valence-electron chi connectivity index (χ4n) is 2.45. The molecule has 1 saturated heterocycles. The van der Waals surface area contributed by atoms with E-state index in [0.29, 0.717) is 29.2 Å². The van der Waals surface area contributed by atoms with Crippen molar-refractivity contribution >= 4 is 22.8 Å². The summed E-state index contributed by atoms with van der Waals surface area (Å²) < 4.78 is 7.55. The zero-order valence-corrected chi connectivity index (χ0v) is 11.4. The molecule has 3 atom stereocenters. The summed E-state index contributed by atoms with van der Waals surface area (Å²) in [6.45, 7) is -0.222. The van der Waals surface area contributed by atoms with Crippen molar-refractivity contribution in [1.82, 2.24) is 19.5 Å². The van der Waals surface area contributed by atoms with E-state index < -0.39 is 12.2 Å². The van der Waals surface area contributed by atoms with Gasteiger partial charge in [-0.1, -0.05) is 11.6 Å². The van der Waals surface area contributed by atoms with E-state index in [2.05, 4.69) is 15.0 Å². The zero-order valence-electron chi connectivity index (χ0n) is 10.7. The number of aliphatic hydroxyl groups excluding tert-OH is 2. The Morgan fingerprint density at radius 2 is 2.20 bits per heavy atom. The molecule has 1 aliphatic heterocycles. The number of halogens is 1. The van der Waals surface area contributed by atoms with Gasteiger partial charge in [0, 0.05) is 0 Å². The zero-order chi connectivity index (χ0) is 14.1. The molecule has 2 aromatic rings. The van der Waals surface area contributed by atoms with Crippen LogP contribution >= 0.6 is 11.6 Å². The second kappa shape index (κ2) is 5.61. The predicted octanol–water partition coefficient (Wildman–Crippen LogP) is 0.901. The molecule has 20 heavy (non-hydrogen) atoms. The Labute approximate surface area is 120 Å². The lowest BCUT2D eigenvalue weighted by Crippen LogP contribution is -2.32. The number of hydrogen-bond donors (Lipinski definition) is 2. The van der Waals surface area contributed by atoms with Crippen molar-refractivity contribution in [2.45, 2.75) is 37.7 Å². The van der Waals surface area contributed by atoms with E-state index in [1.54, 1.807) is 10.9 Å². The van der Waals surface area contributed by atoms with E-state index in [-0.39, 0.29) is 12.8 Å². The molecular weight excluding hydrogens is 284 g/mol. The molecule has 0 unspecified atom stereocenters. The summed E-state index contributed by atoms with van der Waals surface area (Å²) in [7, 11) is 0. The quantitative estimate of drug-likeness (QED) is 0.800. The smallest absolute Gasteiger partial charge is 0.166 e. The summed E-state index contributed by atoms with van der Waals surface area (Å²) in [5.74, 6) is 0. The van der Waals surface area contributed by atoms with Gasteiger partial charge in [-0.3, -0.25) is 4.57 Å². The van der Waals surface area contributed by atoms with Crippen LogP contribution in [-0.2, 0) is 4.74 Å². The maximum Gasteiger partial charge on any atom is 0.166 e. The molecular formula is C12H15ClN4O3. The molecule has 0 aromatic carbocycles. The minimum Gasteiger partial charge on any atom is -0.394 e. The standard InChI is InChI=1S/C12H15ClN4O3/c13-11-10-12(15-5-14-11)17(6-16-10)9-3-1-2-7(19)8(4-18)20-9/h5-9,18-19H,1-4H2/t7-,8+,9+/m0/s1. The maximum atomic E-state index is 9.87. The molecule has 0 radical (unpaired) electrons. The lowest BCUT2D eigenvalue weighted by molar-refractivity contribution is -0.110. The van der Waals surface area contributed by atoms with Gasteiger partial charge in [-0.2, -0.15) is 0 Å². The van der Waals surface area contributed by atoms with Gasteiger partial charge >= 0.3 is 0 Å². The molecule has 7 nitrogen and oxygen atoms in total. The highest BCUT2D eigenvalue weighted by molar-refractivity contribution is 6.33. The van der Waals surface area contributed by atoms with Gasteiger partial charge in [-0.05, 0) is 19.3 Å². The van der Waals surface area contributed by atoms with E-state index in [9.17, 15) is 10.2 Å². The van der Waals surface area contributed by atoms with Crippen molar-refractivity contribution in [3.05, 3.63) is 17.8 Å². The summed E-state index contributed by atoms with van der Waals surface area (Å²) in [4.78, 5) is 12.3. The average molecular weight is 299 g/mol. The molecule has 1 aliphatic rings. The predicted molar refractivity (Wildman–Crippen MR) is 71.2 cm³/mol. The number of ether oxygens (including phenoxy) is 1. The van der Waals surface area contributed by atoms with Gasteiger partial charge in [0.25, 0.3) is 0 Å². The second-order valence-corrected chi connectivity index (χ2v) is 5.16. The Hall–Kier alpha value is -1.28. The van der Waals surface area contributed by atoms with Gasteiger partial charge < -0.3 is 14.9 Å². The van der Waals surface area contributed by atoms with E-state index in [0.717, 1.165) is 6.42 Å². The fourth-order valence-corrected chi connectivity index (χ4v) is 2.63. The van der Waals surface area contributed by atoms with Gasteiger partial charge in [-0.25, -0.2) is 15.0 Å². The van der Waals surface area contributed by atoms with Crippen molar-refractivity contribution in [3.63, 3.8) is 0 Å². The summed E-state index contributed by atoms with van der Waals surface area (Å²) in [5.41, 5.74) is 1.10. The fraction of sp³-hybridized carbons (Fsp3) is 0.583. The Balaban J connectivity index is 1.96. The monoisotopic (exact) mass is 298 g/mol. The molecule has 3 heterocycles. The molecule has 0 spiro atoms. The maximum absolute atomic E-state index is 9.87. The van der Waals surface area contributed by atoms with E-state index in [1.165, 1.54) is 6.33 Å². The molecule has 0 bridgehead atoms. The SMILES string of the molecule is OC[C@H]1O[C@@H](n2cnc3c(Cl)ncnc32)CCC[C@@H]1O. The first kappa shape index (κ1) is 13.7. The third-order valence-electron chi connectivity index (χ3n) is 3.52. The minimum atomic E-state index is -0.655. The van der Waals surface area contributed by atoms with Gasteiger partial charge in [-0.15, -0.1) is 0 Å². The van der Waals surface area contributed by atoms with Crippen molar-refractivity contribution < 1.29 is 14.9 Å². The highest BCUT2D eigenvalue weighted by Gasteiger charge is 2.29. The number of nitrogens with zero attached hydrogens (tertiary/aromatic N) is 4. The molecule has 8 heteroatoms. The number of aromatic nitrogens is 4. The summed E-state index contributed by atoms with van der Waals surface area (Å²) in [6.07, 6.45) is 3.49. The van der Waals surface area contributed by atoms with Crippen LogP contribution in [0.3, 0.4) is 0 Å². The van der Waals surface area contributed by atoms with Gasteiger partial charge in [0.05, 0.1) is 19.0 Å². The van der Waals surface area contributed by atoms with Gasteiger partial charge in [0.1, 0.15) is 24.2 Å². The summed E-state index contributed by atoms with van der Waals surface area (Å²) >= 11 is 5.97. The van der Waals surface area contributed by atoms with Crippen LogP contribution in [0.15, 0.2) is 12.7 Å². The molecule has 108 valence electrons. The molecule has 0 amide bonds. The minimum absolute atomic E-state index is 0.222. The van der Waals surface area contributed by atoms with Crippen LogP contribution in [0.5, 0.6) is 0 Å². The molecule has 0 aliphatic carbocycles. The van der Waals surface area contributed by atoms with Crippen LogP contribution in [-0.4, -0.2) is 48.5 Å². The van der Waals surface area contributed by atoms with Crippen LogP contribution < -0.4 is 0 Å². The van der Waals surface area contributed by atoms with Crippen LogP contribution in [0.2, 0.25) is 5.15 Å². The first-order chi connectivity index (χ1) is 9.70. The highest BCUT2D eigenvalue weighted by atomic mass is 35.5. The molecule has 0 saturated carbocycles. The largest absolute Gasteiger partial charge is 0.394 e. The summed E-state index contributed by atoms with van der Waals surface area (Å²) in [5, 5.41) is 19.5. The number of fused-ring (bicyclic) bond motifs is 1. The first-order valence-electron chi connectivity index (χ1n) is 6.48. The number of aliphatic hydroxyl groups is 2. The van der Waals surface area contributed by atoms with E-state index in [1.807, 2.05) is 0 Å².